The zero-order valence-electron chi connectivity index (χ0n) is 11.1. The van der Waals surface area contributed by atoms with Crippen LogP contribution >= 0.6 is 0 Å². The summed E-state index contributed by atoms with van der Waals surface area (Å²) in [7, 11) is 1.47. The Hall–Kier alpha value is -1.91. The molecule has 0 aliphatic carbocycles. The summed E-state index contributed by atoms with van der Waals surface area (Å²) >= 11 is 0. The number of benzene rings is 1. The van der Waals surface area contributed by atoms with Crippen LogP contribution < -0.4 is 10.1 Å². The maximum atomic E-state index is 11.4. The molecule has 100 valence electrons. The third-order valence-electron chi connectivity index (χ3n) is 2.08. The van der Waals surface area contributed by atoms with E-state index in [-0.39, 0.29) is 5.75 Å². The van der Waals surface area contributed by atoms with Crippen LogP contribution in [0.1, 0.15) is 26.3 Å². The van der Waals surface area contributed by atoms with E-state index < -0.39 is 11.7 Å². The molecule has 0 aliphatic rings. The fourth-order valence-corrected chi connectivity index (χ4v) is 1.32. The van der Waals surface area contributed by atoms with E-state index in [9.17, 15) is 9.90 Å². The number of phenolic OH excluding ortho intramolecular Hbond substituents is 1. The van der Waals surface area contributed by atoms with Crippen molar-refractivity contribution in [3.05, 3.63) is 23.8 Å². The molecule has 0 unspecified atom stereocenters. The predicted molar refractivity (Wildman–Crippen MR) is 67.7 cm³/mol. The summed E-state index contributed by atoms with van der Waals surface area (Å²) in [5, 5.41) is 12.1. The van der Waals surface area contributed by atoms with Crippen LogP contribution in [0.5, 0.6) is 11.5 Å². The summed E-state index contributed by atoms with van der Waals surface area (Å²) in [5.41, 5.74) is 0.298. The summed E-state index contributed by atoms with van der Waals surface area (Å²) in [5.74, 6) is 0.442. The van der Waals surface area contributed by atoms with Gasteiger partial charge >= 0.3 is 6.09 Å². The quantitative estimate of drug-likeness (QED) is 0.868. The van der Waals surface area contributed by atoms with Gasteiger partial charge in [0.15, 0.2) is 11.5 Å². The molecule has 5 heteroatoms. The van der Waals surface area contributed by atoms with E-state index in [0.29, 0.717) is 12.3 Å². The number of phenols is 1. The van der Waals surface area contributed by atoms with Crippen LogP contribution in [-0.2, 0) is 11.3 Å². The van der Waals surface area contributed by atoms with Gasteiger partial charge in [0.05, 0.1) is 7.11 Å². The van der Waals surface area contributed by atoms with E-state index in [4.69, 9.17) is 9.47 Å². The van der Waals surface area contributed by atoms with Crippen LogP contribution in [0.3, 0.4) is 0 Å². The molecule has 1 aromatic rings. The number of hydrogen-bond acceptors (Lipinski definition) is 4. The number of alkyl carbamates (subject to hydrolysis) is 1. The van der Waals surface area contributed by atoms with E-state index in [1.165, 1.54) is 13.2 Å². The lowest BCUT2D eigenvalue weighted by molar-refractivity contribution is 0.0523. The van der Waals surface area contributed by atoms with Gasteiger partial charge in [-0.1, -0.05) is 6.07 Å². The van der Waals surface area contributed by atoms with Crippen molar-refractivity contribution in [2.75, 3.05) is 7.11 Å². The molecular formula is C13H19NO4. The molecule has 0 aromatic heterocycles. The maximum absolute atomic E-state index is 11.4. The third-order valence-corrected chi connectivity index (χ3v) is 2.08. The molecule has 0 atom stereocenters. The minimum Gasteiger partial charge on any atom is -0.504 e. The molecule has 0 saturated carbocycles. The van der Waals surface area contributed by atoms with Crippen LogP contribution in [-0.4, -0.2) is 23.9 Å². The number of methoxy groups -OCH3 is 1. The molecule has 5 nitrogen and oxygen atoms in total. The Bertz CT molecular complexity index is 423. The Balaban J connectivity index is 2.56. The van der Waals surface area contributed by atoms with E-state index in [1.54, 1.807) is 32.9 Å². The second-order valence-electron chi connectivity index (χ2n) is 4.86. The highest BCUT2D eigenvalue weighted by atomic mass is 16.6. The van der Waals surface area contributed by atoms with Gasteiger partial charge in [-0.25, -0.2) is 4.79 Å². The van der Waals surface area contributed by atoms with Gasteiger partial charge in [-0.05, 0) is 38.5 Å². The van der Waals surface area contributed by atoms with Gasteiger partial charge in [-0.15, -0.1) is 0 Å². The number of hydrogen-bond donors (Lipinski definition) is 2. The van der Waals surface area contributed by atoms with Crippen molar-refractivity contribution in [1.82, 2.24) is 5.32 Å². The minimum atomic E-state index is -0.517. The summed E-state index contributed by atoms with van der Waals surface area (Å²) < 4.78 is 10.1. The van der Waals surface area contributed by atoms with Crippen molar-refractivity contribution in [3.8, 4) is 11.5 Å². The first-order valence-corrected chi connectivity index (χ1v) is 5.64. The molecule has 0 saturated heterocycles. The van der Waals surface area contributed by atoms with Crippen molar-refractivity contribution in [2.45, 2.75) is 32.9 Å². The number of ether oxygens (including phenoxy) is 2. The average Bonchev–Trinajstić information content (AvgIpc) is 2.25. The van der Waals surface area contributed by atoms with Crippen LogP contribution in [0.15, 0.2) is 18.2 Å². The van der Waals surface area contributed by atoms with Gasteiger partial charge in [-0.2, -0.15) is 0 Å². The Morgan fingerprint density at radius 1 is 1.39 bits per heavy atom. The zero-order chi connectivity index (χ0) is 13.8. The van der Waals surface area contributed by atoms with Gasteiger partial charge in [0.1, 0.15) is 5.60 Å². The fraction of sp³-hybridized carbons (Fsp3) is 0.462. The summed E-state index contributed by atoms with van der Waals surface area (Å²) in [6.07, 6.45) is -0.477. The third kappa shape index (κ3) is 4.53. The molecule has 18 heavy (non-hydrogen) atoms. The second kappa shape index (κ2) is 5.62. The first kappa shape index (κ1) is 14.2. The molecule has 0 radical (unpaired) electrons. The molecular weight excluding hydrogens is 234 g/mol. The van der Waals surface area contributed by atoms with Gasteiger partial charge in [0.25, 0.3) is 0 Å². The largest absolute Gasteiger partial charge is 0.504 e. The Kier molecular flexibility index (Phi) is 4.42. The normalized spacial score (nSPS) is 10.9. The minimum absolute atomic E-state index is 0.0681. The molecule has 1 aromatic carbocycles. The smallest absolute Gasteiger partial charge is 0.407 e. The van der Waals surface area contributed by atoms with Crippen LogP contribution in [0, 0.1) is 0 Å². The Morgan fingerprint density at radius 2 is 2.06 bits per heavy atom. The van der Waals surface area contributed by atoms with Gasteiger partial charge in [0.2, 0.25) is 0 Å². The number of aromatic hydroxyl groups is 1. The van der Waals surface area contributed by atoms with Gasteiger partial charge in [0, 0.05) is 6.54 Å². The summed E-state index contributed by atoms with van der Waals surface area (Å²) in [6, 6.07) is 4.88. The standard InChI is InChI=1S/C13H19NO4/c1-13(2,3)18-12(16)14-8-9-5-6-10(15)11(7-9)17-4/h5-7,15H,8H2,1-4H3,(H,14,16). The highest BCUT2D eigenvalue weighted by Gasteiger charge is 2.15. The molecule has 0 aliphatic heterocycles. The number of nitrogens with one attached hydrogen (secondary N) is 1. The first-order chi connectivity index (χ1) is 8.31. The van der Waals surface area contributed by atoms with Crippen molar-refractivity contribution >= 4 is 6.09 Å². The van der Waals surface area contributed by atoms with Crippen LogP contribution in [0.4, 0.5) is 4.79 Å². The molecule has 2 N–H and O–H groups in total. The highest BCUT2D eigenvalue weighted by molar-refractivity contribution is 5.67. The monoisotopic (exact) mass is 253 g/mol. The summed E-state index contributed by atoms with van der Waals surface area (Å²) in [6.45, 7) is 5.72. The fourth-order valence-electron chi connectivity index (χ4n) is 1.32. The van der Waals surface area contributed by atoms with E-state index in [2.05, 4.69) is 5.32 Å². The molecule has 0 spiro atoms. The molecule has 0 bridgehead atoms. The lowest BCUT2D eigenvalue weighted by atomic mass is 10.2. The molecule has 1 rings (SSSR count). The second-order valence-corrected chi connectivity index (χ2v) is 4.86. The van der Waals surface area contributed by atoms with E-state index >= 15 is 0 Å². The van der Waals surface area contributed by atoms with Gasteiger partial charge < -0.3 is 19.9 Å². The number of carbonyl (C=O) groups excluding carboxylic acids is 1. The Morgan fingerprint density at radius 3 is 2.61 bits per heavy atom. The molecule has 0 heterocycles. The predicted octanol–water partition coefficient (Wildman–Crippen LogP) is 2.43. The number of carbonyl (C=O) groups is 1. The number of rotatable bonds is 3. The Labute approximate surface area is 107 Å². The van der Waals surface area contributed by atoms with Crippen LogP contribution in [0.2, 0.25) is 0 Å². The molecule has 1 amide bonds. The topological polar surface area (TPSA) is 67.8 Å². The van der Waals surface area contributed by atoms with Crippen molar-refractivity contribution in [3.63, 3.8) is 0 Å². The van der Waals surface area contributed by atoms with Crippen molar-refractivity contribution < 1.29 is 19.4 Å². The highest BCUT2D eigenvalue weighted by Crippen LogP contribution is 2.26. The lowest BCUT2D eigenvalue weighted by Crippen LogP contribution is -2.32. The molecule has 0 fully saturated rings. The van der Waals surface area contributed by atoms with Crippen molar-refractivity contribution in [2.24, 2.45) is 0 Å². The van der Waals surface area contributed by atoms with E-state index in [0.717, 1.165) is 5.56 Å². The van der Waals surface area contributed by atoms with E-state index in [1.807, 2.05) is 0 Å². The lowest BCUT2D eigenvalue weighted by Gasteiger charge is -2.19. The number of amides is 1. The maximum Gasteiger partial charge on any atom is 0.407 e. The van der Waals surface area contributed by atoms with Crippen molar-refractivity contribution in [1.29, 1.82) is 0 Å². The SMILES string of the molecule is COc1cc(CNC(=O)OC(C)(C)C)ccc1O. The average molecular weight is 253 g/mol. The first-order valence-electron chi connectivity index (χ1n) is 5.64. The zero-order valence-corrected chi connectivity index (χ0v) is 11.1. The summed E-state index contributed by atoms with van der Waals surface area (Å²) in [4.78, 5) is 11.4. The van der Waals surface area contributed by atoms with Crippen LogP contribution in [0.25, 0.3) is 0 Å². The van der Waals surface area contributed by atoms with Gasteiger partial charge in [-0.3, -0.25) is 0 Å².